The topological polar surface area (TPSA) is 9.72 Å². The van der Waals surface area contributed by atoms with E-state index in [1.807, 2.05) is 0 Å². The van der Waals surface area contributed by atoms with Gasteiger partial charge in [0.2, 0.25) is 6.71 Å². The predicted molar refractivity (Wildman–Crippen MR) is 229 cm³/mol. The molecule has 0 bridgehead atoms. The Morgan fingerprint density at radius 3 is 2.07 bits per heavy atom. The molecule has 54 heavy (non-hydrogen) atoms. The Balaban J connectivity index is 1.21. The quantitative estimate of drug-likeness (QED) is 0.192. The number of rotatable bonds is 2. The second-order valence-electron chi connectivity index (χ2n) is 19.9. The van der Waals surface area contributed by atoms with Gasteiger partial charge in [0.15, 0.2) is 0 Å². The van der Waals surface area contributed by atoms with Gasteiger partial charge < -0.3 is 14.7 Å². The first-order valence-electron chi connectivity index (χ1n) is 21.2. The summed E-state index contributed by atoms with van der Waals surface area (Å²) in [4.78, 5) is 8.59. The van der Waals surface area contributed by atoms with Gasteiger partial charge in [0, 0.05) is 56.9 Å². The summed E-state index contributed by atoms with van der Waals surface area (Å²) < 4.78 is 0. The normalized spacial score (nSPS) is 31.7. The van der Waals surface area contributed by atoms with E-state index < -0.39 is 0 Å². The van der Waals surface area contributed by atoms with Crippen molar-refractivity contribution in [2.24, 2.45) is 0 Å². The smallest absolute Gasteiger partial charge is 0.247 e. The molecule has 0 spiro atoms. The molecule has 2 fully saturated rings. The van der Waals surface area contributed by atoms with Gasteiger partial charge >= 0.3 is 0 Å². The van der Waals surface area contributed by atoms with Crippen molar-refractivity contribution in [3.63, 3.8) is 0 Å². The molecule has 274 valence electrons. The molecule has 0 amide bonds. The molecule has 0 radical (unpaired) electrons. The van der Waals surface area contributed by atoms with Crippen LogP contribution in [-0.2, 0) is 16.2 Å². The minimum atomic E-state index is 0.00351. The number of anilines is 4. The van der Waals surface area contributed by atoms with Gasteiger partial charge in [0.05, 0.1) is 11.6 Å². The number of para-hydroxylation sites is 3. The van der Waals surface area contributed by atoms with E-state index in [1.54, 1.807) is 22.3 Å². The highest BCUT2D eigenvalue weighted by Crippen LogP contribution is 2.64. The molecule has 3 aliphatic carbocycles. The molecule has 4 aliphatic heterocycles. The summed E-state index contributed by atoms with van der Waals surface area (Å²) >= 11 is 0. The summed E-state index contributed by atoms with van der Waals surface area (Å²) in [6.45, 7) is 17.9. The predicted octanol–water partition coefficient (Wildman–Crippen LogP) is 10.7. The van der Waals surface area contributed by atoms with E-state index in [-0.39, 0.29) is 40.1 Å². The molecule has 5 atom stereocenters. The SMILES string of the molecule is CC(C)(C)c1ccc2c(c1)C1(C)CCCCC1(C)N2C1=CC2=C3B(c4ccccc4N2c2ccccc2)c2cccc4c2N(C3C1)C1(C)CCCCC41C. The third-order valence-corrected chi connectivity index (χ3v) is 16.5. The maximum atomic E-state index is 3.04. The zero-order valence-electron chi connectivity index (χ0n) is 33.6. The van der Waals surface area contributed by atoms with Crippen molar-refractivity contribution in [3.05, 3.63) is 131 Å². The molecule has 5 unspecified atom stereocenters. The first-order chi connectivity index (χ1) is 25.9. The van der Waals surface area contributed by atoms with Gasteiger partial charge in [-0.05, 0) is 108 Å². The molecule has 0 N–H and O–H groups in total. The number of benzene rings is 4. The van der Waals surface area contributed by atoms with Crippen LogP contribution in [0.4, 0.5) is 22.7 Å². The lowest BCUT2D eigenvalue weighted by molar-refractivity contribution is 0.174. The van der Waals surface area contributed by atoms with Crippen LogP contribution in [0.15, 0.2) is 114 Å². The van der Waals surface area contributed by atoms with Gasteiger partial charge in [-0.15, -0.1) is 0 Å². The third kappa shape index (κ3) is 3.91. The van der Waals surface area contributed by atoms with Crippen molar-refractivity contribution in [2.45, 2.75) is 140 Å². The zero-order valence-corrected chi connectivity index (χ0v) is 33.6. The zero-order chi connectivity index (χ0) is 37.0. The first kappa shape index (κ1) is 33.2. The molecular weight excluding hydrogens is 653 g/mol. The number of nitrogens with zero attached hydrogens (tertiary/aromatic N) is 3. The van der Waals surface area contributed by atoms with Crippen LogP contribution in [0.2, 0.25) is 0 Å². The van der Waals surface area contributed by atoms with Crippen LogP contribution in [0.3, 0.4) is 0 Å². The van der Waals surface area contributed by atoms with Gasteiger partial charge in [-0.3, -0.25) is 0 Å². The molecule has 0 aromatic heterocycles. The van der Waals surface area contributed by atoms with Crippen molar-refractivity contribution in [2.75, 3.05) is 14.7 Å². The average Bonchev–Trinajstić information content (AvgIpc) is 3.51. The van der Waals surface area contributed by atoms with Crippen LogP contribution < -0.4 is 25.6 Å². The summed E-state index contributed by atoms with van der Waals surface area (Å²) in [5.41, 5.74) is 18.1. The highest BCUT2D eigenvalue weighted by Gasteiger charge is 2.65. The van der Waals surface area contributed by atoms with Gasteiger partial charge in [-0.2, -0.15) is 0 Å². The lowest BCUT2D eigenvalue weighted by Crippen LogP contribution is -2.68. The second kappa shape index (κ2) is 10.8. The maximum Gasteiger partial charge on any atom is 0.247 e. The lowest BCUT2D eigenvalue weighted by atomic mass is 9.31. The fraction of sp³-hybridized carbons (Fsp3) is 0.440. The standard InChI is InChI=1S/C50H56BN3/c1-46(2,3)33-24-25-40-37(30-33)48(5)27-14-15-28-49(48,6)53(40)35-31-42-44-43(32-35)54-45-36(47(4)26-13-16-29-50(47,54)7)20-17-22-39(45)51(44)38-21-11-12-23-41(38)52(42)34-18-9-8-10-19-34/h8-12,17-25,30-31,43H,13-16,26-29,32H2,1-7H3. The van der Waals surface area contributed by atoms with Crippen LogP contribution in [0.25, 0.3) is 0 Å². The Labute approximate surface area is 324 Å². The fourth-order valence-corrected chi connectivity index (χ4v) is 13.3. The van der Waals surface area contributed by atoms with Crippen molar-refractivity contribution in [1.82, 2.24) is 0 Å². The van der Waals surface area contributed by atoms with Crippen LogP contribution >= 0.6 is 0 Å². The molecule has 4 heterocycles. The largest absolute Gasteiger partial charge is 0.359 e. The molecule has 4 aromatic carbocycles. The molecule has 0 saturated heterocycles. The highest BCUT2D eigenvalue weighted by molar-refractivity contribution is 6.94. The van der Waals surface area contributed by atoms with E-state index in [0.29, 0.717) is 0 Å². The summed E-state index contributed by atoms with van der Waals surface area (Å²) in [6.07, 6.45) is 13.9. The van der Waals surface area contributed by atoms with Crippen molar-refractivity contribution < 1.29 is 0 Å². The van der Waals surface area contributed by atoms with Crippen molar-refractivity contribution in [1.29, 1.82) is 0 Å². The monoisotopic (exact) mass is 709 g/mol. The summed E-state index contributed by atoms with van der Waals surface area (Å²) in [6, 6.07) is 35.9. The molecular formula is C50H56BN3. The Kier molecular flexibility index (Phi) is 6.62. The van der Waals surface area contributed by atoms with Crippen molar-refractivity contribution in [3.8, 4) is 0 Å². The fourth-order valence-electron chi connectivity index (χ4n) is 13.3. The van der Waals surface area contributed by atoms with E-state index in [2.05, 4.69) is 160 Å². The van der Waals surface area contributed by atoms with Crippen LogP contribution in [0.1, 0.15) is 123 Å². The highest BCUT2D eigenvalue weighted by atomic mass is 15.3. The minimum Gasteiger partial charge on any atom is -0.359 e. The number of fused-ring (bicyclic) bond motifs is 10. The van der Waals surface area contributed by atoms with Gasteiger partial charge in [-0.1, -0.05) is 127 Å². The molecule has 3 nitrogen and oxygen atoms in total. The maximum absolute atomic E-state index is 3.04. The average molecular weight is 710 g/mol. The molecule has 4 heteroatoms. The van der Waals surface area contributed by atoms with E-state index in [1.165, 1.54) is 96.3 Å². The first-order valence-corrected chi connectivity index (χ1v) is 21.2. The van der Waals surface area contributed by atoms with E-state index in [4.69, 9.17) is 0 Å². The Bertz CT molecular complexity index is 2320. The Hall–Kier alpha value is -4.18. The number of hydrogen-bond donors (Lipinski definition) is 0. The van der Waals surface area contributed by atoms with Crippen LogP contribution in [-0.4, -0.2) is 23.8 Å². The molecule has 11 rings (SSSR count). The molecule has 2 saturated carbocycles. The minimum absolute atomic E-state index is 0.00351. The summed E-state index contributed by atoms with van der Waals surface area (Å²) in [5.74, 6) is 0. The van der Waals surface area contributed by atoms with E-state index in [9.17, 15) is 0 Å². The molecule has 4 aromatic rings. The van der Waals surface area contributed by atoms with Gasteiger partial charge in [0.1, 0.15) is 0 Å². The van der Waals surface area contributed by atoms with Crippen LogP contribution in [0.5, 0.6) is 0 Å². The number of hydrogen-bond acceptors (Lipinski definition) is 3. The van der Waals surface area contributed by atoms with Gasteiger partial charge in [0.25, 0.3) is 0 Å². The molecule has 7 aliphatic rings. The van der Waals surface area contributed by atoms with Crippen LogP contribution in [0, 0.1) is 0 Å². The Morgan fingerprint density at radius 1 is 0.648 bits per heavy atom. The second-order valence-corrected chi connectivity index (χ2v) is 19.9. The van der Waals surface area contributed by atoms with E-state index >= 15 is 0 Å². The summed E-state index contributed by atoms with van der Waals surface area (Å²) in [7, 11) is 0. The Morgan fingerprint density at radius 2 is 1.31 bits per heavy atom. The van der Waals surface area contributed by atoms with Crippen molar-refractivity contribution >= 4 is 40.4 Å². The summed E-state index contributed by atoms with van der Waals surface area (Å²) in [5, 5.41) is 0. The number of allylic oxidation sites excluding steroid dienone is 1. The van der Waals surface area contributed by atoms with E-state index in [0.717, 1.165) is 6.42 Å². The lowest BCUT2D eigenvalue weighted by Gasteiger charge is -2.58. The third-order valence-electron chi connectivity index (χ3n) is 16.5. The van der Waals surface area contributed by atoms with Gasteiger partial charge in [-0.25, -0.2) is 0 Å².